The lowest BCUT2D eigenvalue weighted by atomic mass is 9.78. The average Bonchev–Trinajstić information content (AvgIpc) is 3.21. The zero-order valence-electron chi connectivity index (χ0n) is 17.1. The van der Waals surface area contributed by atoms with Crippen LogP contribution in [-0.4, -0.2) is 21.3 Å². The zero-order chi connectivity index (χ0) is 19.9. The van der Waals surface area contributed by atoms with E-state index in [0.29, 0.717) is 0 Å². The molecule has 0 saturated heterocycles. The molecule has 1 aromatic carbocycles. The summed E-state index contributed by atoms with van der Waals surface area (Å²) in [5.74, 6) is 0.941. The fourth-order valence-electron chi connectivity index (χ4n) is 3.90. The summed E-state index contributed by atoms with van der Waals surface area (Å²) in [6, 6.07) is 15.3. The van der Waals surface area contributed by atoms with Gasteiger partial charge >= 0.3 is 0 Å². The molecule has 1 atom stereocenters. The van der Waals surface area contributed by atoms with Crippen LogP contribution in [0.5, 0.6) is 5.75 Å². The summed E-state index contributed by atoms with van der Waals surface area (Å²) >= 11 is 3.67. The van der Waals surface area contributed by atoms with E-state index in [-0.39, 0.29) is 5.60 Å². The number of hydrogen-bond acceptors (Lipinski definition) is 3. The molecule has 0 amide bonds. The smallest absolute Gasteiger partial charge is 0.139 e. The lowest BCUT2D eigenvalue weighted by Gasteiger charge is -2.32. The van der Waals surface area contributed by atoms with E-state index in [1.54, 1.807) is 0 Å². The molecule has 0 N–H and O–H groups in total. The maximum absolute atomic E-state index is 6.61. The van der Waals surface area contributed by atoms with Gasteiger partial charge in [0.2, 0.25) is 0 Å². The molecule has 0 saturated carbocycles. The first-order valence-electron chi connectivity index (χ1n) is 9.64. The van der Waals surface area contributed by atoms with Crippen molar-refractivity contribution in [3.05, 3.63) is 74.7 Å². The Balaban J connectivity index is 1.67. The van der Waals surface area contributed by atoms with Gasteiger partial charge in [-0.15, -0.1) is 28.1 Å². The van der Waals surface area contributed by atoms with E-state index in [2.05, 4.69) is 91.1 Å². The number of ether oxygens (including phenoxy) is 1. The second kappa shape index (κ2) is 7.46. The van der Waals surface area contributed by atoms with E-state index in [9.17, 15) is 0 Å². The van der Waals surface area contributed by atoms with Crippen molar-refractivity contribution in [3.8, 4) is 16.2 Å². The molecule has 0 bridgehead atoms. The molecular formula is C23H24B2OS2. The van der Waals surface area contributed by atoms with E-state index in [1.807, 2.05) is 22.7 Å². The van der Waals surface area contributed by atoms with Crippen LogP contribution in [0.15, 0.2) is 60.1 Å². The summed E-state index contributed by atoms with van der Waals surface area (Å²) in [7, 11) is 4.34. The van der Waals surface area contributed by atoms with E-state index >= 15 is 0 Å². The van der Waals surface area contributed by atoms with Crippen molar-refractivity contribution in [2.24, 2.45) is 0 Å². The number of thiophene rings is 2. The van der Waals surface area contributed by atoms with Crippen LogP contribution in [0.25, 0.3) is 16.0 Å². The largest absolute Gasteiger partial charge is 0.483 e. The molecule has 5 heteroatoms. The predicted octanol–water partition coefficient (Wildman–Crippen LogP) is 4.49. The first-order valence-corrected chi connectivity index (χ1v) is 11.3. The van der Waals surface area contributed by atoms with Gasteiger partial charge in [0.1, 0.15) is 27.0 Å². The number of aryl methyl sites for hydroxylation is 2. The zero-order valence-corrected chi connectivity index (χ0v) is 18.8. The maximum Gasteiger partial charge on any atom is 0.139 e. The third kappa shape index (κ3) is 4.21. The highest BCUT2D eigenvalue weighted by Gasteiger charge is 2.28. The lowest BCUT2D eigenvalue weighted by Crippen LogP contribution is -2.33. The van der Waals surface area contributed by atoms with Crippen molar-refractivity contribution < 1.29 is 4.74 Å². The van der Waals surface area contributed by atoms with Crippen LogP contribution in [0.4, 0.5) is 0 Å². The summed E-state index contributed by atoms with van der Waals surface area (Å²) in [5.41, 5.74) is 4.74. The minimum atomic E-state index is -0.345. The molecule has 2 aromatic heterocycles. The fourth-order valence-corrected chi connectivity index (χ4v) is 5.61. The molecule has 28 heavy (non-hydrogen) atoms. The molecule has 0 radical (unpaired) electrons. The summed E-state index contributed by atoms with van der Waals surface area (Å²) < 4.78 is 6.61. The van der Waals surface area contributed by atoms with Gasteiger partial charge in [0.05, 0.1) is 0 Å². The standard InChI is InChI=1S/C23H24B2OS2/c1-14-4-6-21(27-14)16-8-18(24)11-20(10-16)26-23(3)12-17(9-19(25)13-23)22-7-5-15(2)28-22/h4-12H,13,24-25H2,1-3H3. The van der Waals surface area contributed by atoms with Crippen molar-refractivity contribution in [2.45, 2.75) is 32.8 Å². The fraction of sp³-hybridized carbons (Fsp3) is 0.217. The molecule has 4 rings (SSSR count). The van der Waals surface area contributed by atoms with Crippen molar-refractivity contribution in [2.75, 3.05) is 0 Å². The molecule has 1 aliphatic carbocycles. The van der Waals surface area contributed by atoms with Gasteiger partial charge in [-0.2, -0.15) is 0 Å². The molecule has 2 heterocycles. The Kier molecular flexibility index (Phi) is 5.15. The third-order valence-electron chi connectivity index (χ3n) is 4.94. The second-order valence-electron chi connectivity index (χ2n) is 8.04. The van der Waals surface area contributed by atoms with Crippen LogP contribution in [0.2, 0.25) is 0 Å². The van der Waals surface area contributed by atoms with Gasteiger partial charge in [-0.05, 0) is 74.4 Å². The predicted molar refractivity (Wildman–Crippen MR) is 130 cm³/mol. The summed E-state index contributed by atoms with van der Waals surface area (Å²) in [6.07, 6.45) is 5.50. The van der Waals surface area contributed by atoms with E-state index in [0.717, 1.165) is 12.2 Å². The minimum Gasteiger partial charge on any atom is -0.483 e. The van der Waals surface area contributed by atoms with Gasteiger partial charge < -0.3 is 4.74 Å². The van der Waals surface area contributed by atoms with E-state index in [4.69, 9.17) is 4.74 Å². The molecule has 140 valence electrons. The van der Waals surface area contributed by atoms with Crippen molar-refractivity contribution in [1.29, 1.82) is 0 Å². The number of rotatable bonds is 4. The van der Waals surface area contributed by atoms with Crippen LogP contribution in [-0.2, 0) is 0 Å². The normalized spacial score (nSPS) is 19.2. The number of hydrogen-bond donors (Lipinski definition) is 0. The van der Waals surface area contributed by atoms with Gasteiger partial charge in [0.25, 0.3) is 0 Å². The van der Waals surface area contributed by atoms with Crippen LogP contribution in [0, 0.1) is 13.8 Å². The first-order chi connectivity index (χ1) is 13.3. The highest BCUT2D eigenvalue weighted by Crippen LogP contribution is 2.37. The van der Waals surface area contributed by atoms with Crippen LogP contribution in [0.1, 0.15) is 28.0 Å². The Morgan fingerprint density at radius 3 is 2.25 bits per heavy atom. The van der Waals surface area contributed by atoms with Crippen molar-refractivity contribution >= 4 is 49.4 Å². The monoisotopic (exact) mass is 402 g/mol. The topological polar surface area (TPSA) is 9.23 Å². The second-order valence-corrected chi connectivity index (χ2v) is 10.6. The molecule has 0 aliphatic heterocycles. The van der Waals surface area contributed by atoms with Gasteiger partial charge in [-0.3, -0.25) is 0 Å². The molecule has 3 aromatic rings. The average molecular weight is 402 g/mol. The van der Waals surface area contributed by atoms with Crippen LogP contribution in [0.3, 0.4) is 0 Å². The highest BCUT2D eigenvalue weighted by atomic mass is 32.1. The summed E-state index contributed by atoms with van der Waals surface area (Å²) in [6.45, 7) is 6.50. The van der Waals surface area contributed by atoms with E-state index < -0.39 is 0 Å². The number of allylic oxidation sites excluding steroid dienone is 2. The van der Waals surface area contributed by atoms with E-state index in [1.165, 1.54) is 41.6 Å². The summed E-state index contributed by atoms with van der Waals surface area (Å²) in [4.78, 5) is 5.27. The quantitative estimate of drug-likeness (QED) is 0.585. The van der Waals surface area contributed by atoms with Crippen LogP contribution < -0.4 is 10.2 Å². The Labute approximate surface area is 177 Å². The SMILES string of the molecule is BC1=CC(c2ccc(C)s2)=CC(C)(Oc2cc(B)cc(-c3ccc(C)s3)c2)C1. The van der Waals surface area contributed by atoms with Crippen LogP contribution >= 0.6 is 22.7 Å². The number of benzene rings is 1. The van der Waals surface area contributed by atoms with Crippen molar-refractivity contribution in [1.82, 2.24) is 0 Å². The Hall–Kier alpha value is -1.97. The highest BCUT2D eigenvalue weighted by molar-refractivity contribution is 7.15. The molecule has 1 aliphatic rings. The van der Waals surface area contributed by atoms with Gasteiger partial charge in [0, 0.05) is 25.9 Å². The van der Waals surface area contributed by atoms with Gasteiger partial charge in [-0.25, -0.2) is 0 Å². The molecule has 0 spiro atoms. The molecule has 1 nitrogen and oxygen atoms in total. The maximum atomic E-state index is 6.61. The van der Waals surface area contributed by atoms with Gasteiger partial charge in [0.15, 0.2) is 0 Å². The van der Waals surface area contributed by atoms with Gasteiger partial charge in [-0.1, -0.05) is 17.6 Å². The molecule has 0 fully saturated rings. The van der Waals surface area contributed by atoms with Crippen molar-refractivity contribution in [3.63, 3.8) is 0 Å². The third-order valence-corrected chi connectivity index (χ3v) is 7.04. The Morgan fingerprint density at radius 1 is 0.929 bits per heavy atom. The Bertz CT molecular complexity index is 1090. The Morgan fingerprint density at radius 2 is 1.61 bits per heavy atom. The summed E-state index contributed by atoms with van der Waals surface area (Å²) in [5, 5.41) is 0. The molecular weight excluding hydrogens is 378 g/mol. The first kappa shape index (κ1) is 19.4. The minimum absolute atomic E-state index is 0.345. The molecule has 1 unspecified atom stereocenters. The lowest BCUT2D eigenvalue weighted by molar-refractivity contribution is 0.142.